The lowest BCUT2D eigenvalue weighted by molar-refractivity contribution is 0.160. The van der Waals surface area contributed by atoms with Gasteiger partial charge in [-0.05, 0) is 13.0 Å². The lowest BCUT2D eigenvalue weighted by Crippen LogP contribution is -2.23. The first-order valence-electron chi connectivity index (χ1n) is 2.92. The molecule has 4 heteroatoms. The second-order valence-electron chi connectivity index (χ2n) is 1.92. The number of aromatic nitrogens is 2. The molecule has 0 saturated carbocycles. The standard InChI is InChI=1S/C6H9N3O/c1-5-3-4-8-6(7-2)9(5)10/h3-4,10H,1-2H3. The number of aryl methyl sites for hydroxylation is 1. The average molecular weight is 139 g/mol. The Kier molecular flexibility index (Phi) is 1.71. The lowest BCUT2D eigenvalue weighted by atomic mass is 10.5. The topological polar surface area (TPSA) is 50.4 Å². The van der Waals surface area contributed by atoms with Crippen molar-refractivity contribution in [2.45, 2.75) is 6.92 Å². The molecule has 0 aliphatic heterocycles. The summed E-state index contributed by atoms with van der Waals surface area (Å²) in [6.07, 6.45) is 1.60. The van der Waals surface area contributed by atoms with Crippen LogP contribution in [0.15, 0.2) is 17.3 Å². The predicted molar refractivity (Wildman–Crippen MR) is 35.6 cm³/mol. The molecule has 1 aromatic rings. The van der Waals surface area contributed by atoms with Gasteiger partial charge < -0.3 is 5.21 Å². The number of hydrogen-bond donors (Lipinski definition) is 1. The van der Waals surface area contributed by atoms with E-state index in [9.17, 15) is 0 Å². The van der Waals surface area contributed by atoms with Crippen molar-refractivity contribution in [3.05, 3.63) is 23.6 Å². The zero-order valence-electron chi connectivity index (χ0n) is 5.94. The minimum atomic E-state index is 0.319. The van der Waals surface area contributed by atoms with Crippen molar-refractivity contribution < 1.29 is 5.21 Å². The number of rotatable bonds is 0. The van der Waals surface area contributed by atoms with Gasteiger partial charge in [0.1, 0.15) is 0 Å². The third kappa shape index (κ3) is 1.00. The Morgan fingerprint density at radius 1 is 1.70 bits per heavy atom. The zero-order chi connectivity index (χ0) is 7.56. The molecule has 1 aromatic heterocycles. The van der Waals surface area contributed by atoms with Crippen LogP contribution in [0, 0.1) is 6.92 Å². The van der Waals surface area contributed by atoms with Crippen molar-refractivity contribution in [2.24, 2.45) is 4.99 Å². The first-order chi connectivity index (χ1) is 4.75. The van der Waals surface area contributed by atoms with Crippen LogP contribution in [0.1, 0.15) is 5.69 Å². The summed E-state index contributed by atoms with van der Waals surface area (Å²) < 4.78 is 0.944. The Morgan fingerprint density at radius 3 is 2.90 bits per heavy atom. The molecule has 0 amide bonds. The molecule has 1 rings (SSSR count). The van der Waals surface area contributed by atoms with E-state index >= 15 is 0 Å². The number of hydrogen-bond acceptors (Lipinski definition) is 3. The highest BCUT2D eigenvalue weighted by Crippen LogP contribution is 1.85. The quantitative estimate of drug-likeness (QED) is 0.513. The maximum absolute atomic E-state index is 9.16. The van der Waals surface area contributed by atoms with Crippen molar-refractivity contribution in [3.63, 3.8) is 0 Å². The fraction of sp³-hybridized carbons (Fsp3) is 0.333. The van der Waals surface area contributed by atoms with Gasteiger partial charge in [-0.3, -0.25) is 4.99 Å². The van der Waals surface area contributed by atoms with Crippen LogP contribution in [0.5, 0.6) is 0 Å². The minimum absolute atomic E-state index is 0.319. The van der Waals surface area contributed by atoms with Crippen LogP contribution in [0.4, 0.5) is 0 Å². The molecule has 0 saturated heterocycles. The van der Waals surface area contributed by atoms with Gasteiger partial charge >= 0.3 is 0 Å². The molecule has 1 heterocycles. The molecule has 0 aliphatic carbocycles. The van der Waals surface area contributed by atoms with Crippen molar-refractivity contribution >= 4 is 0 Å². The lowest BCUT2D eigenvalue weighted by Gasteiger charge is -1.98. The van der Waals surface area contributed by atoms with E-state index in [0.717, 1.165) is 10.4 Å². The summed E-state index contributed by atoms with van der Waals surface area (Å²) in [6, 6.07) is 1.70. The largest absolute Gasteiger partial charge is 0.425 e. The summed E-state index contributed by atoms with van der Waals surface area (Å²) in [7, 11) is 1.58. The van der Waals surface area contributed by atoms with Crippen LogP contribution < -0.4 is 5.62 Å². The monoisotopic (exact) mass is 139 g/mol. The van der Waals surface area contributed by atoms with Crippen LogP contribution in [0.3, 0.4) is 0 Å². The van der Waals surface area contributed by atoms with E-state index in [4.69, 9.17) is 5.21 Å². The Bertz CT molecular complexity index is 289. The van der Waals surface area contributed by atoms with E-state index in [0.29, 0.717) is 5.62 Å². The summed E-state index contributed by atoms with van der Waals surface area (Å²) in [5, 5.41) is 9.16. The molecule has 54 valence electrons. The van der Waals surface area contributed by atoms with Crippen LogP contribution in [0.2, 0.25) is 0 Å². The molecule has 0 aromatic carbocycles. The molecule has 0 spiro atoms. The van der Waals surface area contributed by atoms with Gasteiger partial charge in [0.05, 0.1) is 5.69 Å². The van der Waals surface area contributed by atoms with Crippen molar-refractivity contribution in [1.29, 1.82) is 0 Å². The van der Waals surface area contributed by atoms with Gasteiger partial charge in [-0.15, -0.1) is 0 Å². The fourth-order valence-electron chi connectivity index (χ4n) is 0.647. The smallest absolute Gasteiger partial charge is 0.258 e. The van der Waals surface area contributed by atoms with E-state index in [2.05, 4.69) is 9.98 Å². The van der Waals surface area contributed by atoms with Crippen LogP contribution in [-0.4, -0.2) is 22.0 Å². The Labute approximate surface area is 58.5 Å². The van der Waals surface area contributed by atoms with Crippen molar-refractivity contribution in [1.82, 2.24) is 9.71 Å². The number of nitrogens with zero attached hydrogens (tertiary/aromatic N) is 3. The van der Waals surface area contributed by atoms with E-state index < -0.39 is 0 Å². The van der Waals surface area contributed by atoms with Gasteiger partial charge in [0, 0.05) is 13.2 Å². The van der Waals surface area contributed by atoms with E-state index in [1.165, 1.54) is 0 Å². The van der Waals surface area contributed by atoms with Gasteiger partial charge in [0.15, 0.2) is 0 Å². The first kappa shape index (κ1) is 6.80. The highest BCUT2D eigenvalue weighted by Gasteiger charge is 1.91. The third-order valence-electron chi connectivity index (χ3n) is 1.23. The van der Waals surface area contributed by atoms with Gasteiger partial charge in [0.25, 0.3) is 5.62 Å². The summed E-state index contributed by atoms with van der Waals surface area (Å²) in [4.78, 5) is 7.54. The highest BCUT2D eigenvalue weighted by atomic mass is 16.5. The summed E-state index contributed by atoms with van der Waals surface area (Å²) >= 11 is 0. The highest BCUT2D eigenvalue weighted by molar-refractivity contribution is 4.94. The second-order valence-corrected chi connectivity index (χ2v) is 1.92. The van der Waals surface area contributed by atoms with Gasteiger partial charge in [0.2, 0.25) is 0 Å². The van der Waals surface area contributed by atoms with Crippen LogP contribution in [-0.2, 0) is 0 Å². The van der Waals surface area contributed by atoms with Gasteiger partial charge in [-0.2, -0.15) is 4.73 Å². The van der Waals surface area contributed by atoms with Crippen LogP contribution >= 0.6 is 0 Å². The predicted octanol–water partition coefficient (Wildman–Crippen LogP) is -0.0407. The molecule has 0 atom stereocenters. The molecule has 1 N–H and O–H groups in total. The summed E-state index contributed by atoms with van der Waals surface area (Å²) in [5.41, 5.74) is 1.04. The Balaban J connectivity index is 3.43. The fourth-order valence-corrected chi connectivity index (χ4v) is 0.647. The molecule has 0 fully saturated rings. The van der Waals surface area contributed by atoms with Crippen molar-refractivity contribution in [3.8, 4) is 0 Å². The maximum Gasteiger partial charge on any atom is 0.258 e. The molecule has 0 aliphatic rings. The van der Waals surface area contributed by atoms with E-state index in [1.807, 2.05) is 0 Å². The second kappa shape index (κ2) is 2.51. The van der Waals surface area contributed by atoms with Gasteiger partial charge in [-0.1, -0.05) is 0 Å². The maximum atomic E-state index is 9.16. The van der Waals surface area contributed by atoms with E-state index in [-0.39, 0.29) is 0 Å². The Hall–Kier alpha value is -1.32. The normalized spacial score (nSPS) is 12.0. The van der Waals surface area contributed by atoms with Crippen molar-refractivity contribution in [2.75, 3.05) is 7.05 Å². The molecule has 0 radical (unpaired) electrons. The molecule has 0 unspecified atom stereocenters. The molecular formula is C6H9N3O. The first-order valence-corrected chi connectivity index (χ1v) is 2.92. The third-order valence-corrected chi connectivity index (χ3v) is 1.23. The molecular weight excluding hydrogens is 130 g/mol. The van der Waals surface area contributed by atoms with Gasteiger partial charge in [-0.25, -0.2) is 4.98 Å². The molecule has 0 bridgehead atoms. The Morgan fingerprint density at radius 2 is 2.40 bits per heavy atom. The van der Waals surface area contributed by atoms with E-state index in [1.54, 1.807) is 26.2 Å². The van der Waals surface area contributed by atoms with Crippen LogP contribution in [0.25, 0.3) is 0 Å². The average Bonchev–Trinajstić information content (AvgIpc) is 1.95. The molecule has 10 heavy (non-hydrogen) atoms. The SMILES string of the molecule is CN=c1nccc(C)n1O. The zero-order valence-corrected chi connectivity index (χ0v) is 5.94. The summed E-state index contributed by atoms with van der Waals surface area (Å²) in [5.74, 6) is 0. The summed E-state index contributed by atoms with van der Waals surface area (Å²) in [6.45, 7) is 1.77. The molecule has 4 nitrogen and oxygen atoms in total. The minimum Gasteiger partial charge on any atom is -0.425 e.